The molecule has 3 rings (SSSR count). The summed E-state index contributed by atoms with van der Waals surface area (Å²) < 4.78 is 2.44. The number of hydrogen-bond acceptors (Lipinski definition) is 5. The lowest BCUT2D eigenvalue weighted by atomic mass is 10.3. The molecule has 0 atom stereocenters. The summed E-state index contributed by atoms with van der Waals surface area (Å²) in [6, 6.07) is 4.27. The molecule has 3 aromatic rings. The van der Waals surface area contributed by atoms with Crippen LogP contribution in [0.4, 0.5) is 0 Å². The molecule has 0 amide bonds. The molecule has 0 bridgehead atoms. The highest BCUT2D eigenvalue weighted by Crippen LogP contribution is 2.19. The van der Waals surface area contributed by atoms with Gasteiger partial charge in [0.25, 0.3) is 5.56 Å². The Morgan fingerprint density at radius 3 is 2.95 bits per heavy atom. The van der Waals surface area contributed by atoms with Gasteiger partial charge in [0.05, 0.1) is 11.8 Å². The Morgan fingerprint density at radius 2 is 2.19 bits per heavy atom. The molecule has 0 radical (unpaired) electrons. The second-order valence-corrected chi connectivity index (χ2v) is 7.28. The third kappa shape index (κ3) is 3.07. The number of thiophene rings is 2. The van der Waals surface area contributed by atoms with E-state index < -0.39 is 0 Å². The van der Waals surface area contributed by atoms with E-state index in [2.05, 4.69) is 29.4 Å². The first-order chi connectivity index (χ1) is 10.1. The SMILES string of the molecule is Cc1ccc(CNCCn2cnc3c(C)csc3c2=O)s1. The highest BCUT2D eigenvalue weighted by Gasteiger charge is 2.07. The van der Waals surface area contributed by atoms with Crippen LogP contribution in [0.15, 0.2) is 28.6 Å². The van der Waals surface area contributed by atoms with Crippen molar-refractivity contribution < 1.29 is 0 Å². The van der Waals surface area contributed by atoms with Gasteiger partial charge in [-0.15, -0.1) is 22.7 Å². The first-order valence-electron chi connectivity index (χ1n) is 6.84. The Kier molecular flexibility index (Phi) is 4.19. The van der Waals surface area contributed by atoms with E-state index in [0.717, 1.165) is 28.9 Å². The molecule has 0 saturated carbocycles. The zero-order valence-corrected chi connectivity index (χ0v) is 13.7. The Balaban J connectivity index is 1.63. The summed E-state index contributed by atoms with van der Waals surface area (Å²) in [5.41, 5.74) is 1.97. The monoisotopic (exact) mass is 319 g/mol. The van der Waals surface area contributed by atoms with Gasteiger partial charge >= 0.3 is 0 Å². The summed E-state index contributed by atoms with van der Waals surface area (Å²) in [7, 11) is 0. The normalized spacial score (nSPS) is 11.3. The maximum absolute atomic E-state index is 12.3. The van der Waals surface area contributed by atoms with E-state index in [4.69, 9.17) is 0 Å². The van der Waals surface area contributed by atoms with Crippen molar-refractivity contribution in [1.82, 2.24) is 14.9 Å². The zero-order chi connectivity index (χ0) is 14.8. The molecular weight excluding hydrogens is 302 g/mol. The smallest absolute Gasteiger partial charge is 0.271 e. The van der Waals surface area contributed by atoms with Gasteiger partial charge < -0.3 is 5.32 Å². The van der Waals surface area contributed by atoms with Gasteiger partial charge in [0.2, 0.25) is 0 Å². The van der Waals surface area contributed by atoms with Crippen LogP contribution in [-0.2, 0) is 13.1 Å². The quantitative estimate of drug-likeness (QED) is 0.736. The molecule has 6 heteroatoms. The summed E-state index contributed by atoms with van der Waals surface area (Å²) >= 11 is 3.28. The molecule has 4 nitrogen and oxygen atoms in total. The first-order valence-corrected chi connectivity index (χ1v) is 8.54. The molecule has 0 spiro atoms. The second kappa shape index (κ2) is 6.09. The lowest BCUT2D eigenvalue weighted by molar-refractivity contribution is 0.585. The summed E-state index contributed by atoms with van der Waals surface area (Å²) in [4.78, 5) is 19.4. The van der Waals surface area contributed by atoms with Crippen molar-refractivity contribution in [3.05, 3.63) is 49.5 Å². The van der Waals surface area contributed by atoms with E-state index in [1.807, 2.05) is 12.3 Å². The topological polar surface area (TPSA) is 46.9 Å². The van der Waals surface area contributed by atoms with Gasteiger partial charge in [0, 0.05) is 29.4 Å². The van der Waals surface area contributed by atoms with Crippen molar-refractivity contribution in [2.24, 2.45) is 0 Å². The fourth-order valence-electron chi connectivity index (χ4n) is 2.21. The fraction of sp³-hybridized carbons (Fsp3) is 0.333. The van der Waals surface area contributed by atoms with E-state index in [0.29, 0.717) is 6.54 Å². The van der Waals surface area contributed by atoms with Gasteiger partial charge in [-0.1, -0.05) is 0 Å². The van der Waals surface area contributed by atoms with Crippen molar-refractivity contribution in [3.63, 3.8) is 0 Å². The summed E-state index contributed by atoms with van der Waals surface area (Å²) in [5, 5.41) is 5.36. The van der Waals surface area contributed by atoms with Crippen molar-refractivity contribution in [3.8, 4) is 0 Å². The number of rotatable bonds is 5. The number of fused-ring (bicyclic) bond motifs is 1. The third-order valence-corrected chi connectivity index (χ3v) is 5.42. The van der Waals surface area contributed by atoms with Gasteiger partial charge in [-0.25, -0.2) is 4.98 Å². The van der Waals surface area contributed by atoms with Crippen LogP contribution in [0.25, 0.3) is 10.2 Å². The molecule has 0 aromatic carbocycles. The van der Waals surface area contributed by atoms with E-state index in [-0.39, 0.29) is 5.56 Å². The molecule has 0 fully saturated rings. The predicted molar refractivity (Wildman–Crippen MR) is 89.4 cm³/mol. The molecule has 3 aromatic heterocycles. The van der Waals surface area contributed by atoms with Crippen LogP contribution in [0, 0.1) is 13.8 Å². The highest BCUT2D eigenvalue weighted by molar-refractivity contribution is 7.17. The van der Waals surface area contributed by atoms with Crippen molar-refractivity contribution in [2.75, 3.05) is 6.54 Å². The van der Waals surface area contributed by atoms with Crippen LogP contribution in [0.5, 0.6) is 0 Å². The van der Waals surface area contributed by atoms with Gasteiger partial charge in [-0.05, 0) is 36.9 Å². The van der Waals surface area contributed by atoms with Crippen molar-refractivity contribution in [2.45, 2.75) is 26.9 Å². The molecule has 110 valence electrons. The Bertz CT molecular complexity index is 816. The lowest BCUT2D eigenvalue weighted by Crippen LogP contribution is -2.26. The maximum atomic E-state index is 12.3. The zero-order valence-electron chi connectivity index (χ0n) is 12.0. The fourth-order valence-corrected chi connectivity index (χ4v) is 4.02. The average Bonchev–Trinajstić information content (AvgIpc) is 3.04. The van der Waals surface area contributed by atoms with Gasteiger partial charge in [0.1, 0.15) is 4.70 Å². The standard InChI is InChI=1S/C15H17N3OS2/c1-10-8-20-14-13(10)17-9-18(15(14)19)6-5-16-7-12-4-3-11(2)21-12/h3-4,8-9,16H,5-7H2,1-2H3. The van der Waals surface area contributed by atoms with Gasteiger partial charge in [0.15, 0.2) is 0 Å². The second-order valence-electron chi connectivity index (χ2n) is 5.03. The third-order valence-electron chi connectivity index (χ3n) is 3.35. The van der Waals surface area contributed by atoms with Crippen LogP contribution < -0.4 is 10.9 Å². The minimum Gasteiger partial charge on any atom is -0.310 e. The minimum atomic E-state index is 0.0619. The van der Waals surface area contributed by atoms with Crippen LogP contribution in [0.1, 0.15) is 15.3 Å². The minimum absolute atomic E-state index is 0.0619. The summed E-state index contributed by atoms with van der Waals surface area (Å²) in [6.07, 6.45) is 1.65. The Hall–Kier alpha value is -1.50. The number of nitrogens with zero attached hydrogens (tertiary/aromatic N) is 2. The van der Waals surface area contributed by atoms with Crippen LogP contribution in [-0.4, -0.2) is 16.1 Å². The van der Waals surface area contributed by atoms with Crippen molar-refractivity contribution >= 4 is 32.9 Å². The van der Waals surface area contributed by atoms with E-state index >= 15 is 0 Å². The molecule has 21 heavy (non-hydrogen) atoms. The number of hydrogen-bond donors (Lipinski definition) is 1. The molecule has 0 unspecified atom stereocenters. The van der Waals surface area contributed by atoms with Gasteiger partial charge in [-0.3, -0.25) is 9.36 Å². The number of aromatic nitrogens is 2. The molecule has 0 aliphatic rings. The number of aryl methyl sites for hydroxylation is 2. The summed E-state index contributed by atoms with van der Waals surface area (Å²) in [5.74, 6) is 0. The lowest BCUT2D eigenvalue weighted by Gasteiger charge is -2.06. The molecule has 0 aliphatic carbocycles. The van der Waals surface area contributed by atoms with Crippen LogP contribution in [0.2, 0.25) is 0 Å². The van der Waals surface area contributed by atoms with Crippen molar-refractivity contribution in [1.29, 1.82) is 0 Å². The first kappa shape index (κ1) is 14.4. The Morgan fingerprint density at radius 1 is 1.33 bits per heavy atom. The molecule has 0 aliphatic heterocycles. The molecule has 0 saturated heterocycles. The Labute approximate surface area is 131 Å². The predicted octanol–water partition coefficient (Wildman–Crippen LogP) is 2.93. The summed E-state index contributed by atoms with van der Waals surface area (Å²) in [6.45, 7) is 6.34. The molecular formula is C15H17N3OS2. The number of nitrogens with one attached hydrogen (secondary N) is 1. The van der Waals surface area contributed by atoms with Gasteiger partial charge in [-0.2, -0.15) is 0 Å². The highest BCUT2D eigenvalue weighted by atomic mass is 32.1. The average molecular weight is 319 g/mol. The van der Waals surface area contributed by atoms with E-state index in [1.165, 1.54) is 21.1 Å². The van der Waals surface area contributed by atoms with E-state index in [1.54, 1.807) is 22.2 Å². The molecule has 3 heterocycles. The maximum Gasteiger partial charge on any atom is 0.271 e. The van der Waals surface area contributed by atoms with E-state index in [9.17, 15) is 4.79 Å². The largest absolute Gasteiger partial charge is 0.310 e. The van der Waals surface area contributed by atoms with Crippen LogP contribution in [0.3, 0.4) is 0 Å². The molecule has 1 N–H and O–H groups in total. The van der Waals surface area contributed by atoms with Crippen LogP contribution >= 0.6 is 22.7 Å².